The molecular weight excluding hydrogens is 281 g/mol. The Balaban J connectivity index is 2.51. The molecule has 0 saturated heterocycles. The minimum atomic E-state index is -1.52. The van der Waals surface area contributed by atoms with Crippen molar-refractivity contribution in [2.24, 2.45) is 0 Å². The summed E-state index contributed by atoms with van der Waals surface area (Å²) in [7, 11) is 0. The monoisotopic (exact) mass is 299 g/mol. The van der Waals surface area contributed by atoms with Crippen molar-refractivity contribution < 1.29 is 28.9 Å². The summed E-state index contributed by atoms with van der Waals surface area (Å²) in [5.74, 6) is -1.88. The average Bonchev–Trinajstić information content (AvgIpc) is 2.40. The van der Waals surface area contributed by atoms with Gasteiger partial charge < -0.3 is 20.3 Å². The summed E-state index contributed by atoms with van der Waals surface area (Å²) in [6.07, 6.45) is -1.63. The number of carboxylic acid groups (broad SMARTS) is 1. The summed E-state index contributed by atoms with van der Waals surface area (Å²) in [5, 5.41) is 20.1. The van der Waals surface area contributed by atoms with Crippen LogP contribution < -0.4 is 10.1 Å². The number of carbonyl (C=O) groups is 2. The van der Waals surface area contributed by atoms with Gasteiger partial charge in [0.2, 0.25) is 0 Å². The fourth-order valence-corrected chi connectivity index (χ4v) is 1.50. The summed E-state index contributed by atoms with van der Waals surface area (Å²) < 4.78 is 18.2. The van der Waals surface area contributed by atoms with Crippen molar-refractivity contribution in [3.63, 3.8) is 0 Å². The van der Waals surface area contributed by atoms with Gasteiger partial charge in [-0.25, -0.2) is 9.18 Å². The molecule has 6 nitrogen and oxygen atoms in total. The number of halogens is 1. The quantitative estimate of drug-likeness (QED) is 0.696. The molecule has 116 valence electrons. The number of benzene rings is 1. The average molecular weight is 299 g/mol. The van der Waals surface area contributed by atoms with Crippen LogP contribution in [0, 0.1) is 5.82 Å². The Morgan fingerprint density at radius 3 is 2.43 bits per heavy atom. The molecule has 0 aliphatic heterocycles. The minimum absolute atomic E-state index is 0.00249. The fourth-order valence-electron chi connectivity index (χ4n) is 1.50. The van der Waals surface area contributed by atoms with Gasteiger partial charge in [0.25, 0.3) is 5.91 Å². The lowest BCUT2D eigenvalue weighted by Crippen LogP contribution is -2.47. The minimum Gasteiger partial charge on any atom is -0.479 e. The number of hydrogen-bond acceptors (Lipinski definition) is 4. The molecule has 0 aliphatic rings. The van der Waals surface area contributed by atoms with E-state index < -0.39 is 29.4 Å². The predicted octanol–water partition coefficient (Wildman–Crippen LogP) is 0.935. The Morgan fingerprint density at radius 2 is 1.90 bits per heavy atom. The Bertz CT molecular complexity index is 501. The lowest BCUT2D eigenvalue weighted by Gasteiger charge is -2.25. The topological polar surface area (TPSA) is 95.9 Å². The number of aliphatic hydroxyl groups is 1. The molecule has 0 aliphatic carbocycles. The third-order valence-electron chi connectivity index (χ3n) is 2.72. The zero-order chi connectivity index (χ0) is 16.0. The van der Waals surface area contributed by atoms with Crippen molar-refractivity contribution in [3.05, 3.63) is 30.1 Å². The van der Waals surface area contributed by atoms with Gasteiger partial charge in [0.05, 0.1) is 0 Å². The molecule has 7 heteroatoms. The second kappa shape index (κ2) is 7.03. The van der Waals surface area contributed by atoms with Crippen molar-refractivity contribution in [1.29, 1.82) is 0 Å². The van der Waals surface area contributed by atoms with E-state index in [1.165, 1.54) is 38.1 Å². The molecule has 0 fully saturated rings. The Hall–Kier alpha value is -2.15. The van der Waals surface area contributed by atoms with Crippen LogP contribution in [0.2, 0.25) is 0 Å². The van der Waals surface area contributed by atoms with Gasteiger partial charge in [0, 0.05) is 13.0 Å². The third kappa shape index (κ3) is 5.39. The number of nitrogens with one attached hydrogen (secondary N) is 1. The van der Waals surface area contributed by atoms with E-state index >= 15 is 0 Å². The van der Waals surface area contributed by atoms with Gasteiger partial charge in [-0.2, -0.15) is 0 Å². The molecule has 1 atom stereocenters. The highest BCUT2D eigenvalue weighted by Crippen LogP contribution is 2.18. The van der Waals surface area contributed by atoms with E-state index in [-0.39, 0.29) is 13.0 Å². The second-order valence-corrected chi connectivity index (χ2v) is 4.96. The molecule has 0 radical (unpaired) electrons. The highest BCUT2D eigenvalue weighted by molar-refractivity contribution is 5.84. The van der Waals surface area contributed by atoms with Gasteiger partial charge in [-0.05, 0) is 38.1 Å². The van der Waals surface area contributed by atoms with Crippen molar-refractivity contribution in [2.75, 3.05) is 6.54 Å². The van der Waals surface area contributed by atoms with Crippen LogP contribution in [0.1, 0.15) is 20.3 Å². The van der Waals surface area contributed by atoms with Crippen LogP contribution in [-0.4, -0.2) is 40.3 Å². The summed E-state index contributed by atoms with van der Waals surface area (Å²) in [6.45, 7) is 3.06. The number of carbonyl (C=O) groups excluding carboxylic acids is 1. The molecule has 1 amide bonds. The smallest absolute Gasteiger partial charge is 0.332 e. The van der Waals surface area contributed by atoms with E-state index in [1.807, 2.05) is 0 Å². The first kappa shape index (κ1) is 16.9. The highest BCUT2D eigenvalue weighted by Gasteiger charge is 2.29. The van der Waals surface area contributed by atoms with E-state index in [0.29, 0.717) is 5.75 Å². The van der Waals surface area contributed by atoms with E-state index in [1.54, 1.807) is 0 Å². The van der Waals surface area contributed by atoms with E-state index in [0.717, 1.165) is 0 Å². The number of aliphatic hydroxyl groups excluding tert-OH is 1. The summed E-state index contributed by atoms with van der Waals surface area (Å²) in [5.41, 5.74) is -1.22. The van der Waals surface area contributed by atoms with Gasteiger partial charge in [-0.15, -0.1) is 0 Å². The van der Waals surface area contributed by atoms with Crippen LogP contribution >= 0.6 is 0 Å². The Labute approximate surface area is 121 Å². The normalized spacial score (nSPS) is 12.6. The number of hydrogen-bond donors (Lipinski definition) is 3. The van der Waals surface area contributed by atoms with Gasteiger partial charge in [-0.3, -0.25) is 4.79 Å². The number of carboxylic acids is 1. The summed E-state index contributed by atoms with van der Waals surface area (Å²) in [6, 6.07) is 5.23. The van der Waals surface area contributed by atoms with Crippen LogP contribution in [0.3, 0.4) is 0 Å². The fraction of sp³-hybridized carbons (Fsp3) is 0.429. The third-order valence-corrected chi connectivity index (χ3v) is 2.72. The van der Waals surface area contributed by atoms with Gasteiger partial charge in [0.15, 0.2) is 11.7 Å². The number of ether oxygens (including phenoxy) is 1. The molecule has 21 heavy (non-hydrogen) atoms. The maximum absolute atomic E-state index is 12.8. The zero-order valence-electron chi connectivity index (χ0n) is 11.8. The van der Waals surface area contributed by atoms with Gasteiger partial charge in [-0.1, -0.05) is 0 Å². The predicted molar refractivity (Wildman–Crippen MR) is 72.4 cm³/mol. The van der Waals surface area contributed by atoms with Crippen LogP contribution in [0.5, 0.6) is 5.75 Å². The first-order valence-corrected chi connectivity index (χ1v) is 6.36. The standard InChI is InChI=1S/C14H18FNO5/c1-14(2,21-10-5-3-9(15)4-6-10)13(20)16-8-7-11(17)12(18)19/h3-6,11,17H,7-8H2,1-2H3,(H,16,20)(H,18,19)/t11-/m0/s1. The highest BCUT2D eigenvalue weighted by atomic mass is 19.1. The van der Waals surface area contributed by atoms with Crippen LogP contribution in [0.4, 0.5) is 4.39 Å². The molecule has 1 aromatic carbocycles. The molecular formula is C14H18FNO5. The largest absolute Gasteiger partial charge is 0.479 e. The molecule has 0 heterocycles. The lowest BCUT2D eigenvalue weighted by atomic mass is 10.1. The number of rotatable bonds is 7. The molecule has 0 unspecified atom stereocenters. The Kier molecular flexibility index (Phi) is 5.66. The summed E-state index contributed by atoms with van der Waals surface area (Å²) >= 11 is 0. The van der Waals surface area contributed by atoms with Gasteiger partial charge in [0.1, 0.15) is 11.6 Å². The van der Waals surface area contributed by atoms with Crippen LogP contribution in [0.25, 0.3) is 0 Å². The molecule has 1 rings (SSSR count). The first-order valence-electron chi connectivity index (χ1n) is 6.36. The summed E-state index contributed by atoms with van der Waals surface area (Å²) in [4.78, 5) is 22.4. The van der Waals surface area contributed by atoms with E-state index in [2.05, 4.69) is 5.32 Å². The molecule has 0 aromatic heterocycles. The van der Waals surface area contributed by atoms with Crippen LogP contribution in [0.15, 0.2) is 24.3 Å². The molecule has 0 bridgehead atoms. The second-order valence-electron chi connectivity index (χ2n) is 4.96. The van der Waals surface area contributed by atoms with Crippen molar-refractivity contribution in [1.82, 2.24) is 5.32 Å². The maximum Gasteiger partial charge on any atom is 0.332 e. The zero-order valence-corrected chi connectivity index (χ0v) is 11.8. The SMILES string of the molecule is CC(C)(Oc1ccc(F)cc1)C(=O)NCC[C@H](O)C(=O)O. The molecule has 1 aromatic rings. The van der Waals surface area contributed by atoms with Gasteiger partial charge >= 0.3 is 5.97 Å². The number of amides is 1. The van der Waals surface area contributed by atoms with E-state index in [4.69, 9.17) is 14.9 Å². The van der Waals surface area contributed by atoms with E-state index in [9.17, 15) is 14.0 Å². The first-order chi connectivity index (χ1) is 9.72. The molecule has 3 N–H and O–H groups in total. The van der Waals surface area contributed by atoms with Crippen molar-refractivity contribution >= 4 is 11.9 Å². The number of aliphatic carboxylic acids is 1. The lowest BCUT2D eigenvalue weighted by molar-refractivity contribution is -0.147. The van der Waals surface area contributed by atoms with Crippen molar-refractivity contribution in [2.45, 2.75) is 32.0 Å². The molecule has 0 spiro atoms. The molecule has 0 saturated carbocycles. The van der Waals surface area contributed by atoms with Crippen molar-refractivity contribution in [3.8, 4) is 5.75 Å². The maximum atomic E-state index is 12.8. The Morgan fingerprint density at radius 1 is 1.33 bits per heavy atom. The van der Waals surface area contributed by atoms with Crippen LogP contribution in [-0.2, 0) is 9.59 Å².